The number of hydrogen-bond acceptors (Lipinski definition) is 4. The van der Waals surface area contributed by atoms with E-state index < -0.39 is 0 Å². The van der Waals surface area contributed by atoms with Crippen LogP contribution in [0.15, 0.2) is 79.1 Å². The number of ether oxygens (including phenoxy) is 2. The van der Waals surface area contributed by atoms with Crippen LogP contribution in [0.2, 0.25) is 10.0 Å². The average Bonchev–Trinajstić information content (AvgIpc) is 3.48. The molecule has 1 aliphatic rings. The van der Waals surface area contributed by atoms with Crippen LogP contribution in [-0.4, -0.2) is 28.9 Å². The molecular formula is C26H22Cl2N4O2S. The Bertz CT molecular complexity index is 1380. The van der Waals surface area contributed by atoms with Crippen molar-refractivity contribution in [3.8, 4) is 17.2 Å². The molecular weight excluding hydrogens is 503 g/mol. The fourth-order valence-electron chi connectivity index (χ4n) is 4.43. The van der Waals surface area contributed by atoms with Gasteiger partial charge in [0.05, 0.1) is 42.4 Å². The van der Waals surface area contributed by atoms with Crippen molar-refractivity contribution >= 4 is 46.2 Å². The summed E-state index contributed by atoms with van der Waals surface area (Å²) >= 11 is 18.7. The molecule has 35 heavy (non-hydrogen) atoms. The van der Waals surface area contributed by atoms with E-state index in [1.165, 1.54) is 0 Å². The zero-order valence-corrected chi connectivity index (χ0v) is 21.3. The van der Waals surface area contributed by atoms with Crippen molar-refractivity contribution in [3.05, 3.63) is 101 Å². The molecule has 178 valence electrons. The highest BCUT2D eigenvalue weighted by molar-refractivity contribution is 7.80. The van der Waals surface area contributed by atoms with E-state index in [1.54, 1.807) is 26.5 Å². The number of benzene rings is 2. The first-order valence-corrected chi connectivity index (χ1v) is 12.0. The van der Waals surface area contributed by atoms with E-state index in [9.17, 15) is 0 Å². The number of methoxy groups -OCH3 is 2. The van der Waals surface area contributed by atoms with Crippen LogP contribution in [0, 0.1) is 0 Å². The van der Waals surface area contributed by atoms with Crippen LogP contribution < -0.4 is 19.7 Å². The predicted octanol–water partition coefficient (Wildman–Crippen LogP) is 6.37. The number of pyridine rings is 1. The van der Waals surface area contributed by atoms with Crippen LogP contribution >= 0.6 is 35.4 Å². The Labute approximate surface area is 219 Å². The standard InChI is InChI=1S/C26H22Cl2N4O2S/c1-33-17-9-11-23(34-2)22(15-17)32-25(24(30-26(32)35)19-6-3-4-12-29-19)21-7-5-13-31(21)20-10-8-16(27)14-18(20)28/h3-15,24-25H,1-2H3,(H,30,35)/t24-,25-/m1/s1. The molecule has 5 rings (SSSR count). The number of halogens is 2. The summed E-state index contributed by atoms with van der Waals surface area (Å²) in [5, 5.41) is 5.15. The zero-order valence-electron chi connectivity index (χ0n) is 19.0. The van der Waals surface area contributed by atoms with Gasteiger partial charge >= 0.3 is 0 Å². The summed E-state index contributed by atoms with van der Waals surface area (Å²) < 4.78 is 13.3. The minimum Gasteiger partial charge on any atom is -0.497 e. The summed E-state index contributed by atoms with van der Waals surface area (Å²) in [4.78, 5) is 6.68. The smallest absolute Gasteiger partial charge is 0.174 e. The normalized spacial score (nSPS) is 17.4. The van der Waals surface area contributed by atoms with Gasteiger partial charge in [-0.05, 0) is 66.8 Å². The third-order valence-electron chi connectivity index (χ3n) is 6.00. The molecule has 1 fully saturated rings. The number of aromatic nitrogens is 2. The van der Waals surface area contributed by atoms with Gasteiger partial charge < -0.3 is 24.3 Å². The van der Waals surface area contributed by atoms with Gasteiger partial charge in [-0.25, -0.2) is 0 Å². The van der Waals surface area contributed by atoms with Crippen molar-refractivity contribution in [1.29, 1.82) is 0 Å². The second kappa shape index (κ2) is 9.77. The van der Waals surface area contributed by atoms with Gasteiger partial charge in [-0.3, -0.25) is 4.98 Å². The van der Waals surface area contributed by atoms with Crippen LogP contribution in [0.25, 0.3) is 5.69 Å². The fourth-order valence-corrected chi connectivity index (χ4v) is 5.27. The van der Waals surface area contributed by atoms with E-state index in [4.69, 9.17) is 44.9 Å². The lowest BCUT2D eigenvalue weighted by atomic mass is 10.0. The summed E-state index contributed by atoms with van der Waals surface area (Å²) in [6.45, 7) is 0. The molecule has 1 saturated heterocycles. The quantitative estimate of drug-likeness (QED) is 0.295. The molecule has 0 radical (unpaired) electrons. The summed E-state index contributed by atoms with van der Waals surface area (Å²) in [5.41, 5.74) is 3.41. The molecule has 6 nitrogen and oxygen atoms in total. The molecule has 9 heteroatoms. The van der Waals surface area contributed by atoms with Crippen LogP contribution in [0.4, 0.5) is 5.69 Å². The first-order chi connectivity index (χ1) is 17.0. The molecule has 2 aromatic carbocycles. The van der Waals surface area contributed by atoms with E-state index in [2.05, 4.69) is 20.9 Å². The highest BCUT2D eigenvalue weighted by atomic mass is 35.5. The van der Waals surface area contributed by atoms with Crippen LogP contribution in [0.3, 0.4) is 0 Å². The van der Waals surface area contributed by atoms with Crippen molar-refractivity contribution < 1.29 is 9.47 Å². The molecule has 3 heterocycles. The largest absolute Gasteiger partial charge is 0.497 e. The molecule has 0 saturated carbocycles. The molecule has 2 atom stereocenters. The Hall–Kier alpha value is -3.26. The topological polar surface area (TPSA) is 51.6 Å². The number of hydrogen-bond donors (Lipinski definition) is 1. The molecule has 0 aliphatic carbocycles. The van der Waals surface area contributed by atoms with E-state index in [-0.39, 0.29) is 12.1 Å². The van der Waals surface area contributed by atoms with Crippen molar-refractivity contribution in [2.24, 2.45) is 0 Å². The lowest BCUT2D eigenvalue weighted by Crippen LogP contribution is -2.30. The lowest BCUT2D eigenvalue weighted by molar-refractivity contribution is 0.402. The molecule has 2 aromatic heterocycles. The van der Waals surface area contributed by atoms with Gasteiger partial charge in [-0.2, -0.15) is 0 Å². The third kappa shape index (κ3) is 4.31. The van der Waals surface area contributed by atoms with Gasteiger partial charge in [0, 0.05) is 29.2 Å². The molecule has 0 amide bonds. The van der Waals surface area contributed by atoms with E-state index >= 15 is 0 Å². The molecule has 4 aromatic rings. The van der Waals surface area contributed by atoms with Crippen molar-refractivity contribution in [3.63, 3.8) is 0 Å². The maximum Gasteiger partial charge on any atom is 0.174 e. The Kier molecular flexibility index (Phi) is 6.56. The van der Waals surface area contributed by atoms with E-state index in [0.29, 0.717) is 26.7 Å². The van der Waals surface area contributed by atoms with E-state index in [0.717, 1.165) is 22.8 Å². The Morgan fingerprint density at radius 2 is 1.80 bits per heavy atom. The van der Waals surface area contributed by atoms with Gasteiger partial charge in [-0.1, -0.05) is 29.3 Å². The van der Waals surface area contributed by atoms with Gasteiger partial charge in [0.2, 0.25) is 0 Å². The first-order valence-electron chi connectivity index (χ1n) is 10.9. The molecule has 1 aliphatic heterocycles. The second-order valence-corrected chi connectivity index (χ2v) is 9.16. The SMILES string of the molecule is COc1ccc(OC)c(N2C(=S)N[C@H](c3ccccn3)[C@H]2c2cccn2-c2ccc(Cl)cc2Cl)c1. The first kappa shape index (κ1) is 23.5. The fraction of sp³-hybridized carbons (Fsp3) is 0.154. The third-order valence-corrected chi connectivity index (χ3v) is 6.85. The van der Waals surface area contributed by atoms with Crippen LogP contribution in [-0.2, 0) is 0 Å². The zero-order chi connectivity index (χ0) is 24.5. The van der Waals surface area contributed by atoms with Gasteiger partial charge in [-0.15, -0.1) is 0 Å². The summed E-state index contributed by atoms with van der Waals surface area (Å²) in [5.74, 6) is 1.36. The van der Waals surface area contributed by atoms with Crippen LogP contribution in [0.1, 0.15) is 23.5 Å². The molecule has 1 N–H and O–H groups in total. The Balaban J connectivity index is 1.72. The monoisotopic (exact) mass is 524 g/mol. The van der Waals surface area contributed by atoms with Crippen molar-refractivity contribution in [2.45, 2.75) is 12.1 Å². The second-order valence-electron chi connectivity index (χ2n) is 7.93. The maximum atomic E-state index is 6.61. The summed E-state index contributed by atoms with van der Waals surface area (Å²) in [6.07, 6.45) is 3.75. The lowest BCUT2D eigenvalue weighted by Gasteiger charge is -2.30. The van der Waals surface area contributed by atoms with Crippen molar-refractivity contribution in [1.82, 2.24) is 14.9 Å². The van der Waals surface area contributed by atoms with E-state index in [1.807, 2.05) is 65.7 Å². The minimum absolute atomic E-state index is 0.237. The van der Waals surface area contributed by atoms with Gasteiger partial charge in [0.1, 0.15) is 17.5 Å². The number of nitrogens with one attached hydrogen (secondary N) is 1. The molecule has 0 bridgehead atoms. The van der Waals surface area contributed by atoms with Crippen LogP contribution in [0.5, 0.6) is 11.5 Å². The summed E-state index contributed by atoms with van der Waals surface area (Å²) in [6, 6.07) is 20.5. The number of rotatable bonds is 6. The Morgan fingerprint density at radius 1 is 0.943 bits per heavy atom. The predicted molar refractivity (Wildman–Crippen MR) is 143 cm³/mol. The summed E-state index contributed by atoms with van der Waals surface area (Å²) in [7, 11) is 3.27. The van der Waals surface area contributed by atoms with Gasteiger partial charge in [0.15, 0.2) is 5.11 Å². The average molecular weight is 525 g/mol. The van der Waals surface area contributed by atoms with Gasteiger partial charge in [0.25, 0.3) is 0 Å². The van der Waals surface area contributed by atoms with Crippen molar-refractivity contribution in [2.75, 3.05) is 19.1 Å². The number of anilines is 1. The maximum absolute atomic E-state index is 6.61. The Morgan fingerprint density at radius 3 is 2.51 bits per heavy atom. The minimum atomic E-state index is -0.278. The molecule has 0 unspecified atom stereocenters. The highest BCUT2D eigenvalue weighted by Crippen LogP contribution is 2.46. The highest BCUT2D eigenvalue weighted by Gasteiger charge is 2.43. The number of nitrogens with zero attached hydrogens (tertiary/aromatic N) is 3. The number of thiocarbonyl (C=S) groups is 1. The molecule has 0 spiro atoms.